The van der Waals surface area contributed by atoms with Gasteiger partial charge >= 0.3 is 15.5 Å². The normalized spacial score (nSPS) is 16.6. The smallest absolute Gasteiger partial charge is 0.496 e. The van der Waals surface area contributed by atoms with E-state index in [1.165, 1.54) is 0 Å². The molecular weight excluding hydrogens is 536 g/mol. The molecule has 0 aromatic heterocycles. The van der Waals surface area contributed by atoms with Crippen LogP contribution in [0.3, 0.4) is 0 Å². The third-order valence-electron chi connectivity index (χ3n) is 4.87. The van der Waals surface area contributed by atoms with Crippen LogP contribution in [0.25, 0.3) is 0 Å². The minimum atomic E-state index is -5.24. The van der Waals surface area contributed by atoms with E-state index in [0.29, 0.717) is 36.2 Å². The maximum Gasteiger partial charge on any atom is 0.511 e. The lowest BCUT2D eigenvalue weighted by Crippen LogP contribution is -2.47. The van der Waals surface area contributed by atoms with Crippen molar-refractivity contribution in [2.24, 2.45) is 10.9 Å². The largest absolute Gasteiger partial charge is 0.511 e. The second-order valence-electron chi connectivity index (χ2n) is 6.73. The summed E-state index contributed by atoms with van der Waals surface area (Å²) < 4.78 is 66.6. The van der Waals surface area contributed by atoms with Crippen LogP contribution < -0.4 is 15.4 Å². The number of aliphatic imine (C=N–C) groups is 1. The van der Waals surface area contributed by atoms with Gasteiger partial charge < -0.3 is 15.4 Å². The van der Waals surface area contributed by atoms with Crippen LogP contribution in [-0.2, 0) is 16.4 Å². The highest BCUT2D eigenvalue weighted by atomic mass is 127. The molecule has 1 aliphatic heterocycles. The Morgan fingerprint density at radius 1 is 1.23 bits per heavy atom. The van der Waals surface area contributed by atoms with Gasteiger partial charge in [0.05, 0.1) is 7.11 Å². The summed E-state index contributed by atoms with van der Waals surface area (Å²) in [6.07, 6.45) is 1.46. The minimum absolute atomic E-state index is 0. The summed E-state index contributed by atoms with van der Waals surface area (Å²) in [7, 11) is -1.98. The number of methoxy groups -OCH3 is 1. The maximum atomic E-state index is 12.6. The number of hydrogen-bond donors (Lipinski definition) is 2. The van der Waals surface area contributed by atoms with Crippen molar-refractivity contribution in [3.05, 3.63) is 29.8 Å². The second-order valence-corrected chi connectivity index (χ2v) is 8.66. The number of para-hydroxylation sites is 1. The predicted octanol–water partition coefficient (Wildman–Crippen LogP) is 2.58. The van der Waals surface area contributed by atoms with Gasteiger partial charge in [-0.1, -0.05) is 18.2 Å². The Balaban J connectivity index is 0.00000450. The SMILES string of the molecule is CN=C(NCCc1ccccc1OC)NCC1CCN(S(=O)(=O)C(F)(F)F)CC1.I. The lowest BCUT2D eigenvalue weighted by molar-refractivity contribution is -0.0496. The van der Waals surface area contributed by atoms with E-state index in [4.69, 9.17) is 4.74 Å². The molecule has 30 heavy (non-hydrogen) atoms. The molecule has 7 nitrogen and oxygen atoms in total. The molecule has 1 fully saturated rings. The third-order valence-corrected chi connectivity index (χ3v) is 6.50. The van der Waals surface area contributed by atoms with Gasteiger partial charge in [0, 0.05) is 33.2 Å². The quantitative estimate of drug-likeness (QED) is 0.303. The van der Waals surface area contributed by atoms with Gasteiger partial charge in [0.25, 0.3) is 0 Å². The van der Waals surface area contributed by atoms with Crippen molar-refractivity contribution in [2.45, 2.75) is 24.8 Å². The van der Waals surface area contributed by atoms with Gasteiger partial charge in [-0.2, -0.15) is 17.5 Å². The molecule has 1 heterocycles. The van der Waals surface area contributed by atoms with Gasteiger partial charge in [0.15, 0.2) is 5.96 Å². The Morgan fingerprint density at radius 2 is 1.87 bits per heavy atom. The molecule has 0 unspecified atom stereocenters. The Hall–Kier alpha value is -1.28. The van der Waals surface area contributed by atoms with Crippen LogP contribution in [0.1, 0.15) is 18.4 Å². The van der Waals surface area contributed by atoms with Crippen molar-refractivity contribution in [1.82, 2.24) is 14.9 Å². The minimum Gasteiger partial charge on any atom is -0.496 e. The highest BCUT2D eigenvalue weighted by Crippen LogP contribution is 2.30. The van der Waals surface area contributed by atoms with Crippen LogP contribution in [0.15, 0.2) is 29.3 Å². The van der Waals surface area contributed by atoms with Crippen molar-refractivity contribution < 1.29 is 26.3 Å². The van der Waals surface area contributed by atoms with E-state index in [-0.39, 0.29) is 43.0 Å². The number of sulfonamides is 1. The molecule has 0 radical (unpaired) electrons. The molecule has 0 bridgehead atoms. The molecule has 0 amide bonds. The van der Waals surface area contributed by atoms with Gasteiger partial charge in [-0.05, 0) is 36.8 Å². The number of alkyl halides is 3. The summed E-state index contributed by atoms with van der Waals surface area (Å²) in [4.78, 5) is 4.14. The number of guanidine groups is 1. The average Bonchev–Trinajstić information content (AvgIpc) is 2.70. The molecule has 2 N–H and O–H groups in total. The highest BCUT2D eigenvalue weighted by Gasteiger charge is 2.50. The standard InChI is InChI=1S/C18H27F3N4O3S.HI/c1-22-17(23-10-7-15-5-3-4-6-16(15)28-2)24-13-14-8-11-25(12-9-14)29(26,27)18(19,20)21;/h3-6,14H,7-13H2,1-2H3,(H2,22,23,24);1H. The van der Waals surface area contributed by atoms with Crippen molar-refractivity contribution in [3.8, 4) is 5.75 Å². The van der Waals surface area contributed by atoms with E-state index in [0.717, 1.165) is 17.7 Å². The van der Waals surface area contributed by atoms with Crippen molar-refractivity contribution in [3.63, 3.8) is 0 Å². The molecule has 2 rings (SSSR count). The van der Waals surface area contributed by atoms with Gasteiger partial charge in [-0.3, -0.25) is 4.99 Å². The summed E-state index contributed by atoms with van der Waals surface area (Å²) in [5.41, 5.74) is -4.18. The number of nitrogens with one attached hydrogen (secondary N) is 2. The van der Waals surface area contributed by atoms with Crippen LogP contribution in [-0.4, -0.2) is 64.5 Å². The molecule has 172 valence electrons. The highest BCUT2D eigenvalue weighted by molar-refractivity contribution is 14.0. The summed E-state index contributed by atoms with van der Waals surface area (Å²) in [6.45, 7) is 0.874. The van der Waals surface area contributed by atoms with E-state index in [1.807, 2.05) is 24.3 Å². The Kier molecular flexibility index (Phi) is 10.6. The van der Waals surface area contributed by atoms with Crippen molar-refractivity contribution in [2.75, 3.05) is 40.3 Å². The average molecular weight is 564 g/mol. The number of rotatable bonds is 7. The van der Waals surface area contributed by atoms with Crippen molar-refractivity contribution in [1.29, 1.82) is 0 Å². The predicted molar refractivity (Wildman–Crippen MR) is 121 cm³/mol. The van der Waals surface area contributed by atoms with Crippen LogP contribution in [0.4, 0.5) is 13.2 Å². The molecule has 0 saturated carbocycles. The number of hydrogen-bond acceptors (Lipinski definition) is 4. The van der Waals surface area contributed by atoms with Gasteiger partial charge in [0.1, 0.15) is 5.75 Å². The van der Waals surface area contributed by atoms with E-state index in [9.17, 15) is 21.6 Å². The Bertz CT molecular complexity index is 798. The second kappa shape index (κ2) is 11.9. The Morgan fingerprint density at radius 3 is 2.43 bits per heavy atom. The summed E-state index contributed by atoms with van der Waals surface area (Å²) in [6, 6.07) is 7.73. The molecule has 1 aromatic rings. The maximum absolute atomic E-state index is 12.6. The number of nitrogens with zero attached hydrogens (tertiary/aromatic N) is 2. The third kappa shape index (κ3) is 7.15. The van der Waals surface area contributed by atoms with Crippen LogP contribution in [0.5, 0.6) is 5.75 Å². The molecule has 0 spiro atoms. The fourth-order valence-electron chi connectivity index (χ4n) is 3.19. The first-order valence-electron chi connectivity index (χ1n) is 9.32. The lowest BCUT2D eigenvalue weighted by Gasteiger charge is -2.31. The molecule has 1 aromatic carbocycles. The first-order chi connectivity index (χ1) is 13.7. The molecule has 1 saturated heterocycles. The fraction of sp³-hybridized carbons (Fsp3) is 0.611. The fourth-order valence-corrected chi connectivity index (χ4v) is 4.17. The van der Waals surface area contributed by atoms with E-state index in [2.05, 4.69) is 15.6 Å². The monoisotopic (exact) mass is 564 g/mol. The topological polar surface area (TPSA) is 83.0 Å². The number of benzene rings is 1. The van der Waals surface area contributed by atoms with Gasteiger partial charge in [-0.25, -0.2) is 8.42 Å². The van der Waals surface area contributed by atoms with Gasteiger partial charge in [0.2, 0.25) is 0 Å². The van der Waals surface area contributed by atoms with E-state index < -0.39 is 15.5 Å². The lowest BCUT2D eigenvalue weighted by atomic mass is 9.98. The number of halogens is 4. The van der Waals surface area contributed by atoms with Crippen LogP contribution >= 0.6 is 24.0 Å². The molecular formula is C18H28F3IN4O3S. The zero-order chi connectivity index (χ0) is 21.5. The molecule has 0 aliphatic carbocycles. The summed E-state index contributed by atoms with van der Waals surface area (Å²) in [5.74, 6) is 1.48. The van der Waals surface area contributed by atoms with Crippen LogP contribution in [0.2, 0.25) is 0 Å². The molecule has 12 heteroatoms. The van der Waals surface area contributed by atoms with Crippen LogP contribution in [0, 0.1) is 5.92 Å². The molecule has 1 aliphatic rings. The first kappa shape index (κ1) is 26.8. The van der Waals surface area contributed by atoms with Gasteiger partial charge in [-0.15, -0.1) is 24.0 Å². The summed E-state index contributed by atoms with van der Waals surface area (Å²) >= 11 is 0. The zero-order valence-corrected chi connectivity index (χ0v) is 20.1. The van der Waals surface area contributed by atoms with E-state index >= 15 is 0 Å². The van der Waals surface area contributed by atoms with E-state index in [1.54, 1.807) is 14.2 Å². The molecule has 0 atom stereocenters. The Labute approximate surface area is 192 Å². The number of ether oxygens (including phenoxy) is 1. The number of piperidine rings is 1. The first-order valence-corrected chi connectivity index (χ1v) is 10.8. The summed E-state index contributed by atoms with van der Waals surface area (Å²) in [5, 5.41) is 6.35. The zero-order valence-electron chi connectivity index (χ0n) is 16.9. The van der Waals surface area contributed by atoms with Crippen molar-refractivity contribution >= 4 is 40.0 Å².